The molecule has 0 bridgehead atoms. The van der Waals surface area contributed by atoms with Gasteiger partial charge in [-0.2, -0.15) is 4.98 Å². The normalized spacial score (nSPS) is 24.6. The van der Waals surface area contributed by atoms with E-state index in [1.807, 2.05) is 0 Å². The van der Waals surface area contributed by atoms with Gasteiger partial charge >= 0.3 is 11.8 Å². The van der Waals surface area contributed by atoms with Crippen molar-refractivity contribution in [3.8, 4) is 0 Å². The van der Waals surface area contributed by atoms with Gasteiger partial charge in [-0.15, -0.1) is 0 Å². The van der Waals surface area contributed by atoms with Crippen LogP contribution < -0.4 is 16.1 Å². The summed E-state index contributed by atoms with van der Waals surface area (Å²) in [5.74, 6) is -0.872. The molecule has 4 atom stereocenters. The van der Waals surface area contributed by atoms with E-state index in [0.717, 1.165) is 22.9 Å². The molecule has 12 heteroatoms. The molecule has 0 unspecified atom stereocenters. The Morgan fingerprint density at radius 2 is 2.04 bits per heavy atom. The zero-order valence-corrected chi connectivity index (χ0v) is 13.5. The molecule has 3 rings (SSSR count). The largest absolute Gasteiger partial charge is 0.465 e. The molecule has 5 N–H and O–H groups in total. The maximum atomic E-state index is 13.5. The lowest BCUT2D eigenvalue weighted by atomic mass is 10.1. The molecule has 1 aromatic heterocycles. The molecule has 144 valence electrons. The van der Waals surface area contributed by atoms with Gasteiger partial charge in [-0.1, -0.05) is 6.07 Å². The second kappa shape index (κ2) is 7.28. The predicted octanol–water partition coefficient (Wildman–Crippen LogP) is -0.0552. The van der Waals surface area contributed by atoms with Crippen LogP contribution in [0.3, 0.4) is 0 Å². The van der Waals surface area contributed by atoms with Crippen LogP contribution in [0.25, 0.3) is 0 Å². The van der Waals surface area contributed by atoms with Gasteiger partial charge in [0.2, 0.25) is 0 Å². The van der Waals surface area contributed by atoms with Gasteiger partial charge in [-0.3, -0.25) is 15.3 Å². The number of aliphatic hydroxyl groups excluding tert-OH is 2. The Bertz CT molecular complexity index is 908. The Morgan fingerprint density at radius 1 is 1.30 bits per heavy atom. The monoisotopic (exact) mass is 382 g/mol. The van der Waals surface area contributed by atoms with Crippen molar-refractivity contribution in [3.05, 3.63) is 52.8 Å². The Labute approximate surface area is 150 Å². The van der Waals surface area contributed by atoms with Gasteiger partial charge in [0.05, 0.1) is 5.69 Å². The first kappa shape index (κ1) is 18.7. The molecule has 1 aliphatic rings. The van der Waals surface area contributed by atoms with Crippen LogP contribution >= 0.6 is 0 Å². The molecule has 2 aromatic rings. The number of aromatic nitrogens is 2. The highest BCUT2D eigenvalue weighted by Gasteiger charge is 2.48. The molecule has 11 nitrogen and oxygen atoms in total. The van der Waals surface area contributed by atoms with E-state index >= 15 is 0 Å². The molecule has 0 spiro atoms. The number of nitrogens with one attached hydrogen (secondary N) is 1. The minimum absolute atomic E-state index is 0.135. The summed E-state index contributed by atoms with van der Waals surface area (Å²) in [6.45, 7) is 0. The van der Waals surface area contributed by atoms with Crippen molar-refractivity contribution < 1.29 is 34.4 Å². The van der Waals surface area contributed by atoms with E-state index in [-0.39, 0.29) is 11.5 Å². The smallest absolute Gasteiger partial charge is 0.414 e. The van der Waals surface area contributed by atoms with Gasteiger partial charge in [0.1, 0.15) is 18.0 Å². The van der Waals surface area contributed by atoms with E-state index in [0.29, 0.717) is 4.90 Å². The van der Waals surface area contributed by atoms with Crippen LogP contribution in [0.2, 0.25) is 0 Å². The lowest BCUT2D eigenvalue weighted by molar-refractivity contribution is -0.0391. The summed E-state index contributed by atoms with van der Waals surface area (Å²) in [4.78, 5) is 27.7. The number of carboxylic acid groups (broad SMARTS) is 1. The third-order valence-corrected chi connectivity index (χ3v) is 3.98. The van der Waals surface area contributed by atoms with Gasteiger partial charge in [-0.05, 0) is 24.3 Å². The van der Waals surface area contributed by atoms with Crippen LogP contribution in [0.1, 0.15) is 6.23 Å². The number of ether oxygens (including phenoxy) is 1. The van der Waals surface area contributed by atoms with Crippen molar-refractivity contribution in [1.29, 1.82) is 0 Å². The molecular weight excluding hydrogens is 367 g/mol. The van der Waals surface area contributed by atoms with E-state index in [1.165, 1.54) is 18.2 Å². The number of aliphatic hydroxyl groups is 2. The van der Waals surface area contributed by atoms with Gasteiger partial charge < -0.3 is 20.1 Å². The van der Waals surface area contributed by atoms with Crippen LogP contribution in [0.15, 0.2) is 41.3 Å². The van der Waals surface area contributed by atoms with E-state index in [9.17, 15) is 29.3 Å². The van der Waals surface area contributed by atoms with Gasteiger partial charge in [0.25, 0.3) is 0 Å². The number of hydrogen-bond donors (Lipinski definition) is 5. The Morgan fingerprint density at radius 3 is 2.63 bits per heavy atom. The first-order valence-electron chi connectivity index (χ1n) is 7.62. The van der Waals surface area contributed by atoms with E-state index in [2.05, 4.69) is 4.98 Å². The molecule has 1 fully saturated rings. The number of amides is 1. The Kier molecular flexibility index (Phi) is 5.05. The summed E-state index contributed by atoms with van der Waals surface area (Å²) in [6.07, 6.45) is -6.94. The topological polar surface area (TPSA) is 157 Å². The minimum Gasteiger partial charge on any atom is -0.465 e. The van der Waals surface area contributed by atoms with Gasteiger partial charge in [0, 0.05) is 6.20 Å². The molecule has 0 aliphatic carbocycles. The standard InChI is InChI=1S/C15H15FN4O7/c16-7-2-1-3-8(6-7)20(15(24)25)13-11(22)10(21)12(27-13)19-5-4-9(18-26)17-14(19)23/h1-6,10-13,21-22,26H,(H,24,25)(H,17,18,23)/t10-,11+,12-,13-/m1/s1. The summed E-state index contributed by atoms with van der Waals surface area (Å²) in [5.41, 5.74) is 0.609. The second-order valence-electron chi connectivity index (χ2n) is 5.65. The fourth-order valence-electron chi connectivity index (χ4n) is 2.75. The van der Waals surface area contributed by atoms with Crippen LogP contribution in [0, 0.1) is 5.82 Å². The number of rotatable bonds is 4. The van der Waals surface area contributed by atoms with Crippen LogP contribution in [0.4, 0.5) is 20.7 Å². The number of nitrogens with zero attached hydrogens (tertiary/aromatic N) is 3. The number of hydrogen-bond acceptors (Lipinski definition) is 8. The maximum Gasteiger partial charge on any atom is 0.414 e. The summed E-state index contributed by atoms with van der Waals surface area (Å²) in [6, 6.07) is 5.76. The fraction of sp³-hybridized carbons (Fsp3) is 0.267. The molecule has 1 saturated heterocycles. The quantitative estimate of drug-likeness (QED) is 0.457. The second-order valence-corrected chi connectivity index (χ2v) is 5.65. The molecule has 0 radical (unpaired) electrons. The molecule has 1 aliphatic heterocycles. The van der Waals surface area contributed by atoms with Crippen molar-refractivity contribution in [2.75, 3.05) is 10.4 Å². The van der Waals surface area contributed by atoms with Crippen molar-refractivity contribution in [1.82, 2.24) is 9.55 Å². The first-order chi connectivity index (χ1) is 12.8. The average molecular weight is 382 g/mol. The molecule has 1 amide bonds. The van der Waals surface area contributed by atoms with Gasteiger partial charge in [-0.25, -0.2) is 18.9 Å². The highest BCUT2D eigenvalue weighted by molar-refractivity contribution is 5.86. The number of anilines is 2. The zero-order chi connectivity index (χ0) is 19.7. The predicted molar refractivity (Wildman–Crippen MR) is 86.7 cm³/mol. The van der Waals surface area contributed by atoms with Crippen molar-refractivity contribution in [3.63, 3.8) is 0 Å². The van der Waals surface area contributed by atoms with E-state index < -0.39 is 42.3 Å². The minimum atomic E-state index is -1.74. The summed E-state index contributed by atoms with van der Waals surface area (Å²) < 4.78 is 19.7. The Hall–Kier alpha value is -3.06. The summed E-state index contributed by atoms with van der Waals surface area (Å²) >= 11 is 0. The lowest BCUT2D eigenvalue weighted by Gasteiger charge is -2.27. The number of halogens is 1. The van der Waals surface area contributed by atoms with Gasteiger partial charge in [0.15, 0.2) is 18.3 Å². The number of carbonyl (C=O) groups is 1. The Balaban J connectivity index is 1.95. The number of benzene rings is 1. The van der Waals surface area contributed by atoms with Crippen molar-refractivity contribution in [2.45, 2.75) is 24.7 Å². The van der Waals surface area contributed by atoms with E-state index in [4.69, 9.17) is 9.94 Å². The molecule has 27 heavy (non-hydrogen) atoms. The summed E-state index contributed by atoms with van der Waals surface area (Å²) in [7, 11) is 0. The first-order valence-corrected chi connectivity index (χ1v) is 7.62. The highest BCUT2D eigenvalue weighted by atomic mass is 19.1. The lowest BCUT2D eigenvalue weighted by Crippen LogP contribution is -2.47. The molecule has 0 saturated carbocycles. The van der Waals surface area contributed by atoms with Crippen molar-refractivity contribution >= 4 is 17.6 Å². The SMILES string of the molecule is O=C(O)N(c1cccc(F)c1)[C@@H]1O[C@@H](n2ccc(NO)nc2=O)[C@H](O)[C@@H]1O. The average Bonchev–Trinajstić information content (AvgIpc) is 2.90. The van der Waals surface area contributed by atoms with Crippen LogP contribution in [-0.2, 0) is 4.74 Å². The van der Waals surface area contributed by atoms with Crippen LogP contribution in [-0.4, -0.2) is 54.6 Å². The van der Waals surface area contributed by atoms with Crippen LogP contribution in [0.5, 0.6) is 0 Å². The fourth-order valence-corrected chi connectivity index (χ4v) is 2.75. The molecular formula is C15H15FN4O7. The van der Waals surface area contributed by atoms with E-state index in [1.54, 1.807) is 5.48 Å². The third-order valence-electron chi connectivity index (χ3n) is 3.98. The van der Waals surface area contributed by atoms with Crippen molar-refractivity contribution in [2.24, 2.45) is 0 Å². The molecule has 1 aromatic carbocycles. The third kappa shape index (κ3) is 3.46. The summed E-state index contributed by atoms with van der Waals surface area (Å²) in [5, 5.41) is 38.7. The molecule has 2 heterocycles. The zero-order valence-electron chi connectivity index (χ0n) is 13.5. The maximum absolute atomic E-state index is 13.5. The highest BCUT2D eigenvalue weighted by Crippen LogP contribution is 2.33.